The van der Waals surface area contributed by atoms with E-state index in [0.717, 1.165) is 5.38 Å². The van der Waals surface area contributed by atoms with Gasteiger partial charge in [-0.1, -0.05) is 19.6 Å². The maximum absolute atomic E-state index is 5.62. The fourth-order valence-corrected chi connectivity index (χ4v) is 1.93. The maximum Gasteiger partial charge on any atom is 0.192 e. The highest BCUT2D eigenvalue weighted by Gasteiger charge is 2.20. The molecule has 1 heterocycles. The van der Waals surface area contributed by atoms with Gasteiger partial charge in [-0.2, -0.15) is 0 Å². The van der Waals surface area contributed by atoms with E-state index in [-0.39, 0.29) is 0 Å². The van der Waals surface area contributed by atoms with Crippen molar-refractivity contribution in [3.63, 3.8) is 0 Å². The van der Waals surface area contributed by atoms with E-state index in [4.69, 9.17) is 16.0 Å². The Labute approximate surface area is 67.0 Å². The number of hydrogen-bond acceptors (Lipinski definition) is 1. The summed E-state index contributed by atoms with van der Waals surface area (Å²) < 4.78 is 5.28. The van der Waals surface area contributed by atoms with Crippen LogP contribution in [0.3, 0.4) is 0 Å². The van der Waals surface area contributed by atoms with E-state index in [0.29, 0.717) is 5.22 Å². The summed E-state index contributed by atoms with van der Waals surface area (Å²) in [5.41, 5.74) is 0. The number of halogens is 1. The zero-order chi connectivity index (χ0) is 7.78. The third-order valence-electron chi connectivity index (χ3n) is 1.31. The molecule has 0 saturated heterocycles. The van der Waals surface area contributed by atoms with Gasteiger partial charge >= 0.3 is 0 Å². The summed E-state index contributed by atoms with van der Waals surface area (Å²) in [4.78, 5) is 0. The maximum atomic E-state index is 5.62. The summed E-state index contributed by atoms with van der Waals surface area (Å²) in [5.74, 6) is 0. The minimum atomic E-state index is -1.26. The van der Waals surface area contributed by atoms with E-state index in [2.05, 4.69) is 19.6 Å². The van der Waals surface area contributed by atoms with E-state index in [1.807, 2.05) is 6.07 Å². The molecular formula is C7H11ClOSi. The summed E-state index contributed by atoms with van der Waals surface area (Å²) in [6.07, 6.45) is 0. The highest BCUT2D eigenvalue weighted by Crippen LogP contribution is 2.10. The largest absolute Gasteiger partial charge is 0.455 e. The van der Waals surface area contributed by atoms with Crippen LogP contribution in [0.25, 0.3) is 0 Å². The average Bonchev–Trinajstić information content (AvgIpc) is 2.11. The average molecular weight is 175 g/mol. The normalized spacial score (nSPS) is 12.0. The van der Waals surface area contributed by atoms with Crippen LogP contribution in [-0.2, 0) is 0 Å². The molecule has 0 bridgehead atoms. The second-order valence-electron chi connectivity index (χ2n) is 3.35. The van der Waals surface area contributed by atoms with Crippen LogP contribution in [0.5, 0.6) is 0 Å². The molecule has 0 N–H and O–H groups in total. The molecule has 0 atom stereocenters. The Balaban J connectivity index is 2.96. The molecule has 0 aromatic carbocycles. The quantitative estimate of drug-likeness (QED) is 0.597. The van der Waals surface area contributed by atoms with Gasteiger partial charge in [0.1, 0.15) is 8.07 Å². The fourth-order valence-electron chi connectivity index (χ4n) is 0.717. The predicted molar refractivity (Wildman–Crippen MR) is 46.7 cm³/mol. The van der Waals surface area contributed by atoms with Crippen LogP contribution in [0.15, 0.2) is 16.5 Å². The van der Waals surface area contributed by atoms with Crippen molar-refractivity contribution in [2.75, 3.05) is 0 Å². The molecule has 1 nitrogen and oxygen atoms in total. The van der Waals surface area contributed by atoms with Gasteiger partial charge in [0.05, 0.1) is 5.38 Å². The van der Waals surface area contributed by atoms with Gasteiger partial charge in [-0.25, -0.2) is 0 Å². The van der Waals surface area contributed by atoms with Gasteiger partial charge in [0.15, 0.2) is 5.22 Å². The Hall–Kier alpha value is -0.213. The summed E-state index contributed by atoms with van der Waals surface area (Å²) in [6, 6.07) is 3.77. The Kier molecular flexibility index (Phi) is 1.92. The first kappa shape index (κ1) is 7.89. The van der Waals surface area contributed by atoms with Crippen molar-refractivity contribution in [3.8, 4) is 0 Å². The highest BCUT2D eigenvalue weighted by molar-refractivity contribution is 6.87. The van der Waals surface area contributed by atoms with E-state index >= 15 is 0 Å². The van der Waals surface area contributed by atoms with Crippen LogP contribution in [-0.4, -0.2) is 8.07 Å². The molecular weight excluding hydrogens is 164 g/mol. The molecule has 0 aliphatic rings. The minimum absolute atomic E-state index is 0.498. The van der Waals surface area contributed by atoms with E-state index in [1.165, 1.54) is 0 Å². The van der Waals surface area contributed by atoms with Crippen LogP contribution in [0.2, 0.25) is 24.9 Å². The van der Waals surface area contributed by atoms with E-state index in [1.54, 1.807) is 6.07 Å². The summed E-state index contributed by atoms with van der Waals surface area (Å²) in [6.45, 7) is 6.67. The van der Waals surface area contributed by atoms with Crippen LogP contribution >= 0.6 is 11.6 Å². The van der Waals surface area contributed by atoms with Crippen molar-refractivity contribution < 1.29 is 4.42 Å². The predicted octanol–water partition coefficient (Wildman–Crippen LogP) is 2.48. The lowest BCUT2D eigenvalue weighted by atomic mass is 10.7. The SMILES string of the molecule is C[Si](C)(C)c1ccc(Cl)o1. The molecule has 0 radical (unpaired) electrons. The van der Waals surface area contributed by atoms with Crippen molar-refractivity contribution in [1.82, 2.24) is 0 Å². The molecule has 1 aromatic heterocycles. The molecule has 0 aliphatic heterocycles. The molecule has 56 valence electrons. The van der Waals surface area contributed by atoms with Crippen LogP contribution in [0.1, 0.15) is 0 Å². The lowest BCUT2D eigenvalue weighted by molar-refractivity contribution is 0.599. The van der Waals surface area contributed by atoms with Crippen molar-refractivity contribution in [2.24, 2.45) is 0 Å². The first-order chi connectivity index (χ1) is 4.50. The first-order valence-electron chi connectivity index (χ1n) is 3.26. The monoisotopic (exact) mass is 174 g/mol. The second-order valence-corrected chi connectivity index (χ2v) is 8.72. The van der Waals surface area contributed by atoms with Gasteiger partial charge in [0, 0.05) is 0 Å². The van der Waals surface area contributed by atoms with Crippen molar-refractivity contribution in [1.29, 1.82) is 0 Å². The Morgan fingerprint density at radius 3 is 2.10 bits per heavy atom. The summed E-state index contributed by atoms with van der Waals surface area (Å²) in [7, 11) is -1.26. The van der Waals surface area contributed by atoms with Crippen molar-refractivity contribution >= 4 is 25.1 Å². The third kappa shape index (κ3) is 1.64. The van der Waals surface area contributed by atoms with Crippen LogP contribution in [0, 0.1) is 0 Å². The van der Waals surface area contributed by atoms with Crippen molar-refractivity contribution in [3.05, 3.63) is 17.4 Å². The zero-order valence-corrected chi connectivity index (χ0v) is 8.20. The molecule has 0 unspecified atom stereocenters. The Bertz CT molecular complexity index is 224. The van der Waals surface area contributed by atoms with Gasteiger partial charge in [-0.15, -0.1) is 0 Å². The summed E-state index contributed by atoms with van der Waals surface area (Å²) in [5, 5.41) is 1.56. The molecule has 1 rings (SSSR count). The van der Waals surface area contributed by atoms with Crippen molar-refractivity contribution in [2.45, 2.75) is 19.6 Å². The smallest absolute Gasteiger partial charge is 0.192 e. The van der Waals surface area contributed by atoms with Gasteiger partial charge in [-0.05, 0) is 23.7 Å². The molecule has 10 heavy (non-hydrogen) atoms. The number of rotatable bonds is 1. The highest BCUT2D eigenvalue weighted by atomic mass is 35.5. The fraction of sp³-hybridized carbons (Fsp3) is 0.429. The molecule has 0 saturated carbocycles. The Morgan fingerprint density at radius 1 is 1.30 bits per heavy atom. The van der Waals surface area contributed by atoms with E-state index < -0.39 is 8.07 Å². The molecule has 0 aliphatic carbocycles. The minimum Gasteiger partial charge on any atom is -0.455 e. The van der Waals surface area contributed by atoms with Gasteiger partial charge < -0.3 is 4.42 Å². The van der Waals surface area contributed by atoms with Gasteiger partial charge in [0.25, 0.3) is 0 Å². The zero-order valence-electron chi connectivity index (χ0n) is 6.44. The number of hydrogen-bond donors (Lipinski definition) is 0. The van der Waals surface area contributed by atoms with E-state index in [9.17, 15) is 0 Å². The first-order valence-corrected chi connectivity index (χ1v) is 7.14. The summed E-state index contributed by atoms with van der Waals surface area (Å²) >= 11 is 5.62. The van der Waals surface area contributed by atoms with Crippen LogP contribution < -0.4 is 5.38 Å². The molecule has 0 fully saturated rings. The van der Waals surface area contributed by atoms with Crippen LogP contribution in [0.4, 0.5) is 0 Å². The lowest BCUT2D eigenvalue weighted by Gasteiger charge is -2.10. The molecule has 0 spiro atoms. The standard InChI is InChI=1S/C7H11ClOSi/c1-10(2,3)7-5-4-6(8)9-7/h4-5H,1-3H3. The van der Waals surface area contributed by atoms with Gasteiger partial charge in [-0.3, -0.25) is 0 Å². The molecule has 0 amide bonds. The lowest BCUT2D eigenvalue weighted by Crippen LogP contribution is -2.36. The van der Waals surface area contributed by atoms with Gasteiger partial charge in [0.2, 0.25) is 0 Å². The second kappa shape index (κ2) is 2.44. The Morgan fingerprint density at radius 2 is 1.90 bits per heavy atom. The third-order valence-corrected chi connectivity index (χ3v) is 3.26. The number of furan rings is 1. The molecule has 3 heteroatoms. The molecule has 1 aromatic rings. The topological polar surface area (TPSA) is 13.1 Å².